The summed E-state index contributed by atoms with van der Waals surface area (Å²) in [5.74, 6) is -3.44. The predicted octanol–water partition coefficient (Wildman–Crippen LogP) is 5.94. The minimum atomic E-state index is -4.16. The van der Waals surface area contributed by atoms with Gasteiger partial charge in [0.15, 0.2) is 0 Å². The normalized spacial score (nSPS) is 21.7. The van der Waals surface area contributed by atoms with Crippen LogP contribution < -0.4 is 10.6 Å². The maximum Gasteiger partial charge on any atom is 0.408 e. The van der Waals surface area contributed by atoms with Crippen molar-refractivity contribution in [3.05, 3.63) is 71.9 Å². The van der Waals surface area contributed by atoms with Gasteiger partial charge in [-0.15, -0.1) is 0 Å². The molecular formula is C33H42N3O7P. The van der Waals surface area contributed by atoms with E-state index in [2.05, 4.69) is 15.6 Å². The Bertz CT molecular complexity index is 1490. The molecule has 0 radical (unpaired) electrons. The number of rotatable bonds is 12. The molecule has 0 bridgehead atoms. The number of hydrogen-bond donors (Lipinski definition) is 5. The first kappa shape index (κ1) is 31.8. The average Bonchev–Trinajstić information content (AvgIpc) is 3.69. The lowest BCUT2D eigenvalue weighted by Crippen LogP contribution is -2.47. The number of ether oxygens (including phenoxy) is 1. The van der Waals surface area contributed by atoms with E-state index in [0.717, 1.165) is 54.1 Å². The summed E-state index contributed by atoms with van der Waals surface area (Å²) >= 11 is 0. The van der Waals surface area contributed by atoms with Gasteiger partial charge in [-0.3, -0.25) is 9.36 Å². The highest BCUT2D eigenvalue weighted by atomic mass is 31.2. The largest absolute Gasteiger partial charge is 0.480 e. The Morgan fingerprint density at radius 3 is 2.41 bits per heavy atom. The van der Waals surface area contributed by atoms with Crippen molar-refractivity contribution in [2.24, 2.45) is 11.8 Å². The van der Waals surface area contributed by atoms with Gasteiger partial charge in [0, 0.05) is 35.1 Å². The van der Waals surface area contributed by atoms with Crippen molar-refractivity contribution >= 4 is 36.2 Å². The molecule has 44 heavy (non-hydrogen) atoms. The lowest BCUT2D eigenvalue weighted by atomic mass is 9.87. The number of alkyl carbamates (subject to hydrolysis) is 1. The maximum absolute atomic E-state index is 14.3. The van der Waals surface area contributed by atoms with Crippen LogP contribution in [-0.2, 0) is 31.9 Å². The third-order valence-electron chi connectivity index (χ3n) is 9.23. The van der Waals surface area contributed by atoms with Crippen LogP contribution in [0.25, 0.3) is 10.9 Å². The zero-order chi connectivity index (χ0) is 31.1. The minimum Gasteiger partial charge on any atom is -0.480 e. The number of para-hydroxylation sites is 1. The number of aromatic nitrogens is 1. The third-order valence-corrected chi connectivity index (χ3v) is 12.0. The molecule has 2 aromatic carbocycles. The van der Waals surface area contributed by atoms with E-state index in [1.165, 1.54) is 0 Å². The van der Waals surface area contributed by atoms with E-state index in [9.17, 15) is 28.9 Å². The first-order chi connectivity index (χ1) is 21.2. The van der Waals surface area contributed by atoms with Crippen LogP contribution >= 0.6 is 7.37 Å². The van der Waals surface area contributed by atoms with Crippen molar-refractivity contribution in [2.45, 2.75) is 88.3 Å². The summed E-state index contributed by atoms with van der Waals surface area (Å²) in [6.07, 6.45) is 7.66. The zero-order valence-corrected chi connectivity index (χ0v) is 25.7. The molecule has 2 fully saturated rings. The fourth-order valence-corrected chi connectivity index (χ4v) is 9.57. The van der Waals surface area contributed by atoms with E-state index in [0.29, 0.717) is 25.7 Å². The Labute approximate surface area is 257 Å². The summed E-state index contributed by atoms with van der Waals surface area (Å²) < 4.78 is 19.7. The van der Waals surface area contributed by atoms with Crippen molar-refractivity contribution in [2.75, 3.05) is 0 Å². The number of nitrogens with one attached hydrogen (secondary N) is 3. The van der Waals surface area contributed by atoms with Crippen molar-refractivity contribution in [3.63, 3.8) is 0 Å². The molecule has 5 unspecified atom stereocenters. The van der Waals surface area contributed by atoms with E-state index in [-0.39, 0.29) is 18.9 Å². The minimum absolute atomic E-state index is 0.0278. The highest BCUT2D eigenvalue weighted by Crippen LogP contribution is 2.59. The van der Waals surface area contributed by atoms with Crippen LogP contribution in [-0.4, -0.2) is 50.4 Å². The Morgan fingerprint density at radius 2 is 1.66 bits per heavy atom. The Hall–Kier alpha value is -3.62. The van der Waals surface area contributed by atoms with Crippen molar-refractivity contribution in [3.8, 4) is 0 Å². The van der Waals surface area contributed by atoms with Crippen molar-refractivity contribution < 1.29 is 33.7 Å². The monoisotopic (exact) mass is 623 g/mol. The van der Waals surface area contributed by atoms with Gasteiger partial charge in [-0.25, -0.2) is 9.59 Å². The number of H-pyrrole nitrogens is 1. The first-order valence-corrected chi connectivity index (χ1v) is 17.4. The fraction of sp³-hybridized carbons (Fsp3) is 0.485. The number of carboxylic acids is 1. The number of carbonyl (C=O) groups excluding carboxylic acids is 2. The second-order valence-corrected chi connectivity index (χ2v) is 14.8. The first-order valence-electron chi connectivity index (χ1n) is 15.6. The molecule has 1 heterocycles. The van der Waals surface area contributed by atoms with Gasteiger partial charge in [-0.2, -0.15) is 0 Å². The Kier molecular flexibility index (Phi) is 10.4. The van der Waals surface area contributed by atoms with Crippen LogP contribution in [0.2, 0.25) is 0 Å². The van der Waals surface area contributed by atoms with Gasteiger partial charge >= 0.3 is 12.1 Å². The molecule has 5 atom stereocenters. The van der Waals surface area contributed by atoms with Gasteiger partial charge in [0.1, 0.15) is 18.4 Å². The second kappa shape index (κ2) is 14.4. The number of hydrogen-bond acceptors (Lipinski definition) is 5. The molecule has 2 aliphatic carbocycles. The van der Waals surface area contributed by atoms with Crippen LogP contribution in [0.4, 0.5) is 4.79 Å². The number of amides is 2. The Morgan fingerprint density at radius 1 is 0.932 bits per heavy atom. The number of aliphatic carboxylic acids is 1. The molecule has 5 N–H and O–H groups in total. The van der Waals surface area contributed by atoms with Crippen molar-refractivity contribution in [1.82, 2.24) is 15.6 Å². The lowest BCUT2D eigenvalue weighted by molar-refractivity contribution is -0.142. The summed E-state index contributed by atoms with van der Waals surface area (Å²) in [6, 6.07) is 15.5. The van der Waals surface area contributed by atoms with Gasteiger partial charge in [-0.05, 0) is 42.4 Å². The Balaban J connectivity index is 1.29. The standard InChI is InChI=1S/C33H42N3O7P/c37-31(35-28(32(38)39)19-24-20-34-27-16-8-7-14-25(24)27)26-15-9-17-29(26)44(41,42)30(18-22-10-3-1-4-11-22)36-33(40)43-21-23-12-5-2-6-13-23/h2,5-8,12-14,16,20,22,26,28-30,34H,1,3-4,9-11,15,17-19,21H2,(H,35,37)(H,36,40)(H,38,39)(H,41,42). The van der Waals surface area contributed by atoms with Crippen LogP contribution in [0.15, 0.2) is 60.8 Å². The molecule has 2 aliphatic rings. The highest BCUT2D eigenvalue weighted by Gasteiger charge is 2.49. The average molecular weight is 624 g/mol. The second-order valence-electron chi connectivity index (χ2n) is 12.2. The molecule has 236 valence electrons. The topological polar surface area (TPSA) is 158 Å². The van der Waals surface area contributed by atoms with Gasteiger partial charge in [-0.1, -0.05) is 87.1 Å². The highest BCUT2D eigenvalue weighted by molar-refractivity contribution is 7.59. The molecule has 0 saturated heterocycles. The van der Waals surface area contributed by atoms with Gasteiger partial charge in [0.2, 0.25) is 13.3 Å². The SMILES string of the molecule is O=C(NC(CC1CCCCC1)P(=O)(O)C1CCCC1C(=O)NC(Cc1c[nH]c2ccccc12)C(=O)O)OCc1ccccc1. The molecule has 5 rings (SSSR count). The van der Waals surface area contributed by atoms with Crippen LogP contribution in [0.1, 0.15) is 68.9 Å². The van der Waals surface area contributed by atoms with E-state index in [1.54, 1.807) is 6.20 Å². The molecule has 3 aromatic rings. The number of benzene rings is 2. The van der Waals surface area contributed by atoms with E-state index in [4.69, 9.17) is 4.74 Å². The van der Waals surface area contributed by atoms with Gasteiger partial charge in [0.05, 0.1) is 0 Å². The molecule has 0 aliphatic heterocycles. The van der Waals surface area contributed by atoms with Gasteiger partial charge < -0.3 is 30.4 Å². The smallest absolute Gasteiger partial charge is 0.408 e. The molecule has 10 nitrogen and oxygen atoms in total. The van der Waals surface area contributed by atoms with Crippen LogP contribution in [0.5, 0.6) is 0 Å². The fourth-order valence-electron chi connectivity index (χ4n) is 6.86. The third kappa shape index (κ3) is 7.71. The number of aromatic amines is 1. The van der Waals surface area contributed by atoms with Gasteiger partial charge in [0.25, 0.3) is 0 Å². The lowest BCUT2D eigenvalue weighted by Gasteiger charge is -2.34. The molecule has 0 spiro atoms. The zero-order valence-electron chi connectivity index (χ0n) is 24.8. The molecule has 11 heteroatoms. The van der Waals surface area contributed by atoms with Crippen LogP contribution in [0.3, 0.4) is 0 Å². The summed E-state index contributed by atoms with van der Waals surface area (Å²) in [5, 5.41) is 16.2. The van der Waals surface area contributed by atoms with Crippen molar-refractivity contribution in [1.29, 1.82) is 0 Å². The summed E-state index contributed by atoms with van der Waals surface area (Å²) in [4.78, 5) is 53.5. The predicted molar refractivity (Wildman–Crippen MR) is 167 cm³/mol. The quantitative estimate of drug-likeness (QED) is 0.156. The summed E-state index contributed by atoms with van der Waals surface area (Å²) in [5.41, 5.74) is 1.53. The van der Waals surface area contributed by atoms with E-state index in [1.807, 2.05) is 54.6 Å². The van der Waals surface area contributed by atoms with E-state index < -0.39 is 48.7 Å². The molecule has 2 amide bonds. The maximum atomic E-state index is 14.3. The molecule has 1 aromatic heterocycles. The number of carboxylic acid groups (broad SMARTS) is 1. The molecule has 2 saturated carbocycles. The summed E-state index contributed by atoms with van der Waals surface area (Å²) in [7, 11) is -4.16. The number of fused-ring (bicyclic) bond motifs is 1. The molecular weight excluding hydrogens is 581 g/mol. The number of carbonyl (C=O) groups is 3. The summed E-state index contributed by atoms with van der Waals surface area (Å²) in [6.45, 7) is 0.0278. The van der Waals surface area contributed by atoms with E-state index >= 15 is 0 Å². The van der Waals surface area contributed by atoms with Crippen LogP contribution in [0, 0.1) is 11.8 Å².